The van der Waals surface area contributed by atoms with Gasteiger partial charge in [0.1, 0.15) is 0 Å². The Balaban J connectivity index is 2.13. The first-order chi connectivity index (χ1) is 9.20. The average Bonchev–Trinajstić information content (AvgIpc) is 2.43. The van der Waals surface area contributed by atoms with E-state index in [9.17, 15) is 4.79 Å². The van der Waals surface area contributed by atoms with Gasteiger partial charge in [0.25, 0.3) is 5.91 Å². The van der Waals surface area contributed by atoms with Gasteiger partial charge < -0.3 is 5.32 Å². The normalized spacial score (nSPS) is 10.0. The molecule has 0 aliphatic heterocycles. The van der Waals surface area contributed by atoms with Crippen molar-refractivity contribution in [3.63, 3.8) is 0 Å². The van der Waals surface area contributed by atoms with Gasteiger partial charge in [-0.05, 0) is 42.8 Å². The Morgan fingerprint density at radius 1 is 1.11 bits per heavy atom. The van der Waals surface area contributed by atoms with Crippen molar-refractivity contribution in [1.82, 2.24) is 0 Å². The Hall–Kier alpha value is -2.33. The molecule has 2 aromatic rings. The van der Waals surface area contributed by atoms with Crippen LogP contribution in [0, 0.1) is 6.92 Å². The summed E-state index contributed by atoms with van der Waals surface area (Å²) in [6, 6.07) is 14.7. The molecule has 2 aromatic carbocycles. The van der Waals surface area contributed by atoms with Gasteiger partial charge >= 0.3 is 0 Å². The number of hydrogen-bond donors (Lipinski definition) is 2. The number of nitrogens with one attached hydrogen (secondary N) is 2. The van der Waals surface area contributed by atoms with Crippen LogP contribution in [0.25, 0.3) is 0 Å². The minimum atomic E-state index is -0.115. The van der Waals surface area contributed by atoms with Gasteiger partial charge in [-0.2, -0.15) is 0 Å². The SMILES string of the molecule is CONc1ccc(NC(=O)c2ccccc2)c(C)c1. The predicted molar refractivity (Wildman–Crippen MR) is 76.2 cm³/mol. The third-order valence-electron chi connectivity index (χ3n) is 2.73. The van der Waals surface area contributed by atoms with Crippen molar-refractivity contribution >= 4 is 17.3 Å². The first-order valence-electron chi connectivity index (χ1n) is 5.97. The van der Waals surface area contributed by atoms with Crippen molar-refractivity contribution in [1.29, 1.82) is 0 Å². The second kappa shape index (κ2) is 6.02. The fraction of sp³-hybridized carbons (Fsp3) is 0.133. The summed E-state index contributed by atoms with van der Waals surface area (Å²) < 4.78 is 0. The fourth-order valence-corrected chi connectivity index (χ4v) is 1.77. The molecule has 0 aliphatic rings. The zero-order valence-electron chi connectivity index (χ0n) is 10.9. The number of hydrogen-bond acceptors (Lipinski definition) is 3. The number of benzene rings is 2. The summed E-state index contributed by atoms with van der Waals surface area (Å²) in [7, 11) is 1.56. The van der Waals surface area contributed by atoms with Gasteiger partial charge in [-0.25, -0.2) is 0 Å². The highest BCUT2D eigenvalue weighted by Gasteiger charge is 2.07. The number of anilines is 2. The molecule has 2 N–H and O–H groups in total. The molecule has 0 unspecified atom stereocenters. The van der Waals surface area contributed by atoms with Gasteiger partial charge in [0.05, 0.1) is 12.8 Å². The first-order valence-corrected chi connectivity index (χ1v) is 5.97. The second-order valence-electron chi connectivity index (χ2n) is 4.16. The molecule has 0 atom stereocenters. The van der Waals surface area contributed by atoms with Crippen LogP contribution in [0.1, 0.15) is 15.9 Å². The lowest BCUT2D eigenvalue weighted by Gasteiger charge is -2.10. The molecule has 0 bridgehead atoms. The first kappa shape index (κ1) is 13.1. The Labute approximate surface area is 112 Å². The minimum Gasteiger partial charge on any atom is -0.322 e. The predicted octanol–water partition coefficient (Wildman–Crippen LogP) is 3.22. The van der Waals surface area contributed by atoms with Gasteiger partial charge in [0.2, 0.25) is 0 Å². The standard InChI is InChI=1S/C15H16N2O2/c1-11-10-13(17-19-2)8-9-14(11)16-15(18)12-6-4-3-5-7-12/h3-10,17H,1-2H3,(H,16,18). The Morgan fingerprint density at radius 2 is 1.84 bits per heavy atom. The van der Waals surface area contributed by atoms with Crippen molar-refractivity contribution in [2.75, 3.05) is 17.9 Å². The van der Waals surface area contributed by atoms with E-state index in [4.69, 9.17) is 4.84 Å². The van der Waals surface area contributed by atoms with E-state index in [1.807, 2.05) is 43.3 Å². The molecule has 0 aromatic heterocycles. The molecule has 0 saturated heterocycles. The Bertz CT molecular complexity index is 568. The maximum absolute atomic E-state index is 12.0. The van der Waals surface area contributed by atoms with Crippen molar-refractivity contribution in [3.05, 3.63) is 59.7 Å². The Morgan fingerprint density at radius 3 is 2.47 bits per heavy atom. The van der Waals surface area contributed by atoms with E-state index in [1.165, 1.54) is 0 Å². The van der Waals surface area contributed by atoms with Crippen LogP contribution in [0.5, 0.6) is 0 Å². The highest BCUT2D eigenvalue weighted by Crippen LogP contribution is 2.20. The van der Waals surface area contributed by atoms with Crippen molar-refractivity contribution in [2.24, 2.45) is 0 Å². The maximum Gasteiger partial charge on any atom is 0.255 e. The summed E-state index contributed by atoms with van der Waals surface area (Å²) in [4.78, 5) is 16.9. The molecule has 2 rings (SSSR count). The Kier molecular flexibility index (Phi) is 4.15. The third kappa shape index (κ3) is 3.33. The topological polar surface area (TPSA) is 50.4 Å². The molecule has 0 heterocycles. The molecule has 19 heavy (non-hydrogen) atoms. The molecular weight excluding hydrogens is 240 g/mol. The van der Waals surface area contributed by atoms with Gasteiger partial charge in [-0.3, -0.25) is 15.1 Å². The van der Waals surface area contributed by atoms with Crippen LogP contribution in [0.3, 0.4) is 0 Å². The molecule has 4 heteroatoms. The van der Waals surface area contributed by atoms with Gasteiger partial charge in [-0.1, -0.05) is 18.2 Å². The molecule has 98 valence electrons. The number of rotatable bonds is 4. The third-order valence-corrected chi connectivity index (χ3v) is 2.73. The van der Waals surface area contributed by atoms with Crippen LogP contribution in [0.2, 0.25) is 0 Å². The monoisotopic (exact) mass is 256 g/mol. The summed E-state index contributed by atoms with van der Waals surface area (Å²) >= 11 is 0. The summed E-state index contributed by atoms with van der Waals surface area (Å²) in [6.07, 6.45) is 0. The number of carbonyl (C=O) groups is 1. The van der Waals surface area contributed by atoms with Gasteiger partial charge in [0, 0.05) is 11.3 Å². The fourth-order valence-electron chi connectivity index (χ4n) is 1.77. The maximum atomic E-state index is 12.0. The molecule has 0 fully saturated rings. The van der Waals surface area contributed by atoms with Crippen molar-refractivity contribution in [2.45, 2.75) is 6.92 Å². The molecule has 0 radical (unpaired) electrons. The minimum absolute atomic E-state index is 0.115. The van der Waals surface area contributed by atoms with Crippen LogP contribution in [0.15, 0.2) is 48.5 Å². The van der Waals surface area contributed by atoms with Gasteiger partial charge in [0.15, 0.2) is 0 Å². The average molecular weight is 256 g/mol. The second-order valence-corrected chi connectivity index (χ2v) is 4.16. The van der Waals surface area contributed by atoms with E-state index in [2.05, 4.69) is 10.8 Å². The lowest BCUT2D eigenvalue weighted by Crippen LogP contribution is -2.12. The summed E-state index contributed by atoms with van der Waals surface area (Å²) in [5.74, 6) is -0.115. The lowest BCUT2D eigenvalue weighted by atomic mass is 10.1. The van der Waals surface area contributed by atoms with Gasteiger partial charge in [-0.15, -0.1) is 0 Å². The zero-order chi connectivity index (χ0) is 13.7. The van der Waals surface area contributed by atoms with E-state index in [1.54, 1.807) is 19.2 Å². The van der Waals surface area contributed by atoms with Crippen molar-refractivity contribution in [3.8, 4) is 0 Å². The molecule has 0 spiro atoms. The quantitative estimate of drug-likeness (QED) is 0.826. The zero-order valence-corrected chi connectivity index (χ0v) is 10.9. The molecule has 1 amide bonds. The molecular formula is C15H16N2O2. The van der Waals surface area contributed by atoms with E-state index in [0.717, 1.165) is 16.9 Å². The molecule has 0 saturated carbocycles. The van der Waals surface area contributed by atoms with E-state index < -0.39 is 0 Å². The lowest BCUT2D eigenvalue weighted by molar-refractivity contribution is 0.102. The summed E-state index contributed by atoms with van der Waals surface area (Å²) in [5, 5.41) is 2.89. The number of aryl methyl sites for hydroxylation is 1. The van der Waals surface area contributed by atoms with E-state index >= 15 is 0 Å². The van der Waals surface area contributed by atoms with Crippen molar-refractivity contribution < 1.29 is 9.63 Å². The van der Waals surface area contributed by atoms with Crippen LogP contribution < -0.4 is 10.8 Å². The number of carbonyl (C=O) groups excluding carboxylic acids is 1. The smallest absolute Gasteiger partial charge is 0.255 e. The van der Waals surface area contributed by atoms with Crippen LogP contribution in [-0.2, 0) is 4.84 Å². The summed E-state index contributed by atoms with van der Waals surface area (Å²) in [5.41, 5.74) is 5.98. The van der Waals surface area contributed by atoms with E-state index in [-0.39, 0.29) is 5.91 Å². The summed E-state index contributed by atoms with van der Waals surface area (Å²) in [6.45, 7) is 1.93. The van der Waals surface area contributed by atoms with E-state index in [0.29, 0.717) is 5.56 Å². The largest absolute Gasteiger partial charge is 0.322 e. The molecule has 0 aliphatic carbocycles. The van der Waals surface area contributed by atoms with Crippen LogP contribution in [-0.4, -0.2) is 13.0 Å². The highest BCUT2D eigenvalue weighted by atomic mass is 16.6. The number of amides is 1. The molecule has 4 nitrogen and oxygen atoms in total. The van der Waals surface area contributed by atoms with Crippen LogP contribution in [0.4, 0.5) is 11.4 Å². The van der Waals surface area contributed by atoms with Crippen LogP contribution >= 0.6 is 0 Å². The highest BCUT2D eigenvalue weighted by molar-refractivity contribution is 6.04.